The summed E-state index contributed by atoms with van der Waals surface area (Å²) >= 11 is 1.68. The molecule has 4 aromatic rings. The van der Waals surface area contributed by atoms with Gasteiger partial charge in [0.25, 0.3) is 0 Å². The minimum Gasteiger partial charge on any atom is -0.494 e. The van der Waals surface area contributed by atoms with Crippen LogP contribution in [0.2, 0.25) is 0 Å². The Kier molecular flexibility index (Phi) is 4.38. The lowest BCUT2D eigenvalue weighted by atomic mass is 9.82. The lowest BCUT2D eigenvalue weighted by Gasteiger charge is -2.55. The Morgan fingerprint density at radius 2 is 2.24 bits per heavy atom. The Labute approximate surface area is 199 Å². The number of hydrogen-bond donors (Lipinski definition) is 2. The van der Waals surface area contributed by atoms with E-state index in [0.29, 0.717) is 5.75 Å². The molecule has 5 heterocycles. The predicted octanol–water partition coefficient (Wildman–Crippen LogP) is 3.43. The Balaban J connectivity index is 1.18. The lowest BCUT2D eigenvalue weighted by molar-refractivity contribution is -0.223. The molecule has 1 amide bonds. The fourth-order valence-electron chi connectivity index (χ4n) is 5.49. The standard InChI is InChI=1S/C24H24N6O3S/c1-32-18-8-16-14(9-27-29-16)6-17(18)28-21-20-15-3-2-13(7-19(15)34-22(20)26-12-25-21)23(31)30-10-24(11-30)4-5-33-24/h6,8-9,12-13H,2-5,7,10-11H2,1H3,(H,27,29)(H,25,26,28). The van der Waals surface area contributed by atoms with Crippen molar-refractivity contribution in [2.75, 3.05) is 32.1 Å². The number of nitrogens with one attached hydrogen (secondary N) is 2. The largest absolute Gasteiger partial charge is 0.494 e. The average molecular weight is 477 g/mol. The van der Waals surface area contributed by atoms with E-state index in [2.05, 4.69) is 25.5 Å². The van der Waals surface area contributed by atoms with Gasteiger partial charge >= 0.3 is 0 Å². The smallest absolute Gasteiger partial charge is 0.226 e. The van der Waals surface area contributed by atoms with Gasteiger partial charge in [-0.15, -0.1) is 11.3 Å². The maximum Gasteiger partial charge on any atom is 0.226 e. The number of benzene rings is 1. The van der Waals surface area contributed by atoms with Gasteiger partial charge in [-0.3, -0.25) is 9.89 Å². The number of thiophene rings is 1. The van der Waals surface area contributed by atoms with Crippen molar-refractivity contribution >= 4 is 49.9 Å². The molecular formula is C24H24N6O3S. The number of aromatic nitrogens is 4. The van der Waals surface area contributed by atoms with E-state index >= 15 is 0 Å². The summed E-state index contributed by atoms with van der Waals surface area (Å²) in [5.41, 5.74) is 2.97. The van der Waals surface area contributed by atoms with E-state index in [1.807, 2.05) is 17.0 Å². The van der Waals surface area contributed by atoms with Gasteiger partial charge in [0.2, 0.25) is 5.91 Å². The zero-order valence-corrected chi connectivity index (χ0v) is 19.6. The van der Waals surface area contributed by atoms with E-state index in [9.17, 15) is 4.79 Å². The third-order valence-electron chi connectivity index (χ3n) is 7.44. The highest BCUT2D eigenvalue weighted by Gasteiger charge is 2.51. The van der Waals surface area contributed by atoms with Crippen LogP contribution in [-0.4, -0.2) is 63.4 Å². The number of ether oxygens (including phenoxy) is 2. The predicted molar refractivity (Wildman–Crippen MR) is 129 cm³/mol. The van der Waals surface area contributed by atoms with Crippen LogP contribution in [0.3, 0.4) is 0 Å². The number of amides is 1. The molecule has 174 valence electrons. The summed E-state index contributed by atoms with van der Waals surface area (Å²) < 4.78 is 11.3. The number of nitrogens with zero attached hydrogens (tertiary/aromatic N) is 4. The quantitative estimate of drug-likeness (QED) is 0.465. The molecule has 2 aliphatic heterocycles. The highest BCUT2D eigenvalue weighted by Crippen LogP contribution is 2.43. The zero-order chi connectivity index (χ0) is 22.9. The summed E-state index contributed by atoms with van der Waals surface area (Å²) in [7, 11) is 1.65. The summed E-state index contributed by atoms with van der Waals surface area (Å²) in [4.78, 5) is 26.4. The van der Waals surface area contributed by atoms with Gasteiger partial charge in [-0.2, -0.15) is 5.10 Å². The summed E-state index contributed by atoms with van der Waals surface area (Å²) in [5.74, 6) is 1.78. The third kappa shape index (κ3) is 3.01. The van der Waals surface area contributed by atoms with Crippen LogP contribution in [0, 0.1) is 5.92 Å². The van der Waals surface area contributed by atoms with Crippen LogP contribution >= 0.6 is 11.3 Å². The number of carbonyl (C=O) groups is 1. The number of hydrogen-bond acceptors (Lipinski definition) is 8. The molecule has 1 aromatic carbocycles. The second-order valence-electron chi connectivity index (χ2n) is 9.46. The number of likely N-dealkylation sites (tertiary alicyclic amines) is 1. The molecule has 3 aliphatic rings. The number of rotatable bonds is 4. The molecule has 1 atom stereocenters. The molecule has 2 N–H and O–H groups in total. The molecule has 1 unspecified atom stereocenters. The van der Waals surface area contributed by atoms with Crippen LogP contribution in [0.1, 0.15) is 23.3 Å². The van der Waals surface area contributed by atoms with Gasteiger partial charge in [0.1, 0.15) is 28.3 Å². The molecule has 0 bridgehead atoms. The van der Waals surface area contributed by atoms with Gasteiger partial charge in [-0.05, 0) is 30.9 Å². The van der Waals surface area contributed by atoms with Gasteiger partial charge in [-0.25, -0.2) is 9.97 Å². The molecule has 3 aromatic heterocycles. The number of carbonyl (C=O) groups excluding carboxylic acids is 1. The van der Waals surface area contributed by atoms with Crippen molar-refractivity contribution in [3.63, 3.8) is 0 Å². The van der Waals surface area contributed by atoms with Gasteiger partial charge in [0.05, 0.1) is 49.6 Å². The minimum absolute atomic E-state index is 0.0240. The monoisotopic (exact) mass is 476 g/mol. The van der Waals surface area contributed by atoms with Crippen LogP contribution in [0.15, 0.2) is 24.7 Å². The SMILES string of the molecule is COc1cc2[nH]ncc2cc1Nc1ncnc2sc3c(c12)CCC(C(=O)N1CC2(CCO2)C1)C3. The first kappa shape index (κ1) is 20.2. The molecule has 0 radical (unpaired) electrons. The number of methoxy groups -OCH3 is 1. The average Bonchev–Trinajstić information content (AvgIpc) is 3.40. The van der Waals surface area contributed by atoms with E-state index in [-0.39, 0.29) is 17.4 Å². The first-order valence-corrected chi connectivity index (χ1v) is 12.4. The minimum atomic E-state index is -0.0240. The summed E-state index contributed by atoms with van der Waals surface area (Å²) in [6, 6.07) is 3.93. The maximum absolute atomic E-state index is 13.1. The zero-order valence-electron chi connectivity index (χ0n) is 18.8. The van der Waals surface area contributed by atoms with Crippen LogP contribution in [-0.2, 0) is 22.4 Å². The second kappa shape index (κ2) is 7.38. The molecule has 2 saturated heterocycles. The second-order valence-corrected chi connectivity index (χ2v) is 10.5. The van der Waals surface area contributed by atoms with Crippen LogP contribution in [0.5, 0.6) is 5.75 Å². The topological polar surface area (TPSA) is 105 Å². The van der Waals surface area contributed by atoms with E-state index in [4.69, 9.17) is 9.47 Å². The fraction of sp³-hybridized carbons (Fsp3) is 0.417. The molecule has 2 fully saturated rings. The van der Waals surface area contributed by atoms with E-state index in [0.717, 1.165) is 78.0 Å². The first-order valence-electron chi connectivity index (χ1n) is 11.6. The normalized spacial score (nSPS) is 20.7. The van der Waals surface area contributed by atoms with Crippen LogP contribution < -0.4 is 10.1 Å². The molecule has 1 aliphatic carbocycles. The van der Waals surface area contributed by atoms with Crippen LogP contribution in [0.4, 0.5) is 11.5 Å². The van der Waals surface area contributed by atoms with Gasteiger partial charge in [-0.1, -0.05) is 0 Å². The maximum atomic E-state index is 13.1. The number of aromatic amines is 1. The summed E-state index contributed by atoms with van der Waals surface area (Å²) in [6.07, 6.45) is 6.92. The van der Waals surface area contributed by atoms with Crippen molar-refractivity contribution in [2.45, 2.75) is 31.3 Å². The third-order valence-corrected chi connectivity index (χ3v) is 8.61. The van der Waals surface area contributed by atoms with E-state index in [1.165, 1.54) is 10.4 Å². The Bertz CT molecular complexity index is 1430. The molecule has 7 rings (SSSR count). The molecule has 34 heavy (non-hydrogen) atoms. The highest BCUT2D eigenvalue weighted by molar-refractivity contribution is 7.19. The van der Waals surface area contributed by atoms with Crippen molar-refractivity contribution in [3.8, 4) is 5.75 Å². The Hall–Kier alpha value is -3.24. The number of H-pyrrole nitrogens is 1. The Morgan fingerprint density at radius 3 is 3.03 bits per heavy atom. The molecule has 9 nitrogen and oxygen atoms in total. The van der Waals surface area contributed by atoms with Crippen molar-refractivity contribution in [1.29, 1.82) is 0 Å². The summed E-state index contributed by atoms with van der Waals surface area (Å²) in [6.45, 7) is 2.34. The molecular weight excluding hydrogens is 452 g/mol. The fourth-order valence-corrected chi connectivity index (χ4v) is 6.75. The number of anilines is 2. The van der Waals surface area contributed by atoms with Gasteiger partial charge in [0.15, 0.2) is 0 Å². The molecule has 0 saturated carbocycles. The molecule has 10 heteroatoms. The number of fused-ring (bicyclic) bond motifs is 4. The van der Waals surface area contributed by atoms with Crippen molar-refractivity contribution < 1.29 is 14.3 Å². The lowest BCUT2D eigenvalue weighted by Crippen LogP contribution is -2.70. The highest BCUT2D eigenvalue weighted by atomic mass is 32.1. The Morgan fingerprint density at radius 1 is 1.35 bits per heavy atom. The van der Waals surface area contributed by atoms with Gasteiger partial charge in [0, 0.05) is 28.7 Å². The van der Waals surface area contributed by atoms with Crippen molar-refractivity contribution in [2.24, 2.45) is 5.92 Å². The van der Waals surface area contributed by atoms with Crippen molar-refractivity contribution in [1.82, 2.24) is 25.1 Å². The summed E-state index contributed by atoms with van der Waals surface area (Å²) in [5, 5.41) is 12.6. The van der Waals surface area contributed by atoms with E-state index < -0.39 is 0 Å². The first-order chi connectivity index (χ1) is 16.6. The van der Waals surface area contributed by atoms with E-state index in [1.54, 1.807) is 31.0 Å². The molecule has 1 spiro atoms. The van der Waals surface area contributed by atoms with Crippen molar-refractivity contribution in [3.05, 3.63) is 35.1 Å². The number of aryl methyl sites for hydroxylation is 1. The van der Waals surface area contributed by atoms with Crippen LogP contribution in [0.25, 0.3) is 21.1 Å². The van der Waals surface area contributed by atoms with Gasteiger partial charge < -0.3 is 19.7 Å².